The van der Waals surface area contributed by atoms with Gasteiger partial charge in [-0.3, -0.25) is 9.59 Å². The largest absolute Gasteiger partial charge is 0.496 e. The van der Waals surface area contributed by atoms with Gasteiger partial charge >= 0.3 is 0 Å². The van der Waals surface area contributed by atoms with Crippen molar-refractivity contribution in [2.75, 3.05) is 26.6 Å². The summed E-state index contributed by atoms with van der Waals surface area (Å²) in [5, 5.41) is 5.52. The number of ether oxygens (including phenoxy) is 3. The molecular formula is C22H22N2O6. The van der Waals surface area contributed by atoms with E-state index in [1.165, 1.54) is 38.7 Å². The molecule has 0 aliphatic carbocycles. The van der Waals surface area contributed by atoms with Gasteiger partial charge in [-0.25, -0.2) is 0 Å². The van der Waals surface area contributed by atoms with Crippen LogP contribution in [-0.2, 0) is 6.54 Å². The second-order valence-corrected chi connectivity index (χ2v) is 6.18. The number of hydrogen-bond donors (Lipinski definition) is 2. The summed E-state index contributed by atoms with van der Waals surface area (Å²) in [6, 6.07) is 13.5. The Morgan fingerprint density at radius 1 is 0.867 bits per heavy atom. The molecule has 30 heavy (non-hydrogen) atoms. The van der Waals surface area contributed by atoms with Crippen molar-refractivity contribution in [3.63, 3.8) is 0 Å². The van der Waals surface area contributed by atoms with E-state index in [0.717, 1.165) is 5.56 Å². The van der Waals surface area contributed by atoms with E-state index in [1.54, 1.807) is 13.2 Å². The molecule has 0 spiro atoms. The molecule has 0 saturated heterocycles. The molecule has 3 rings (SSSR count). The fourth-order valence-electron chi connectivity index (χ4n) is 2.88. The van der Waals surface area contributed by atoms with Crippen molar-refractivity contribution >= 4 is 17.5 Å². The zero-order chi connectivity index (χ0) is 21.5. The average molecular weight is 410 g/mol. The highest BCUT2D eigenvalue weighted by Crippen LogP contribution is 2.33. The third-order valence-electron chi connectivity index (χ3n) is 4.39. The molecule has 2 aromatic carbocycles. The first-order valence-corrected chi connectivity index (χ1v) is 9.08. The Bertz CT molecular complexity index is 1030. The first-order valence-electron chi connectivity index (χ1n) is 9.08. The van der Waals surface area contributed by atoms with Crippen LogP contribution < -0.4 is 24.8 Å². The van der Waals surface area contributed by atoms with Gasteiger partial charge < -0.3 is 29.3 Å². The Labute approximate surface area is 173 Å². The maximum atomic E-state index is 13.0. The summed E-state index contributed by atoms with van der Waals surface area (Å²) in [5.41, 5.74) is 1.28. The number of nitrogens with one attached hydrogen (secondary N) is 2. The second-order valence-electron chi connectivity index (χ2n) is 6.18. The molecule has 0 aliphatic heterocycles. The number of anilines is 1. The van der Waals surface area contributed by atoms with Crippen LogP contribution in [0.15, 0.2) is 59.2 Å². The van der Waals surface area contributed by atoms with Gasteiger partial charge in [0, 0.05) is 18.2 Å². The number of carbonyl (C=O) groups is 2. The average Bonchev–Trinajstić information content (AvgIpc) is 3.32. The molecule has 0 atom stereocenters. The van der Waals surface area contributed by atoms with Gasteiger partial charge in [-0.15, -0.1) is 0 Å². The van der Waals surface area contributed by atoms with E-state index in [0.29, 0.717) is 17.2 Å². The van der Waals surface area contributed by atoms with Crippen molar-refractivity contribution in [3.05, 3.63) is 71.7 Å². The van der Waals surface area contributed by atoms with Crippen LogP contribution in [0.5, 0.6) is 17.2 Å². The molecule has 0 radical (unpaired) electrons. The summed E-state index contributed by atoms with van der Waals surface area (Å²) in [7, 11) is 4.50. The van der Waals surface area contributed by atoms with Crippen molar-refractivity contribution in [3.8, 4) is 17.2 Å². The fourth-order valence-corrected chi connectivity index (χ4v) is 2.88. The summed E-state index contributed by atoms with van der Waals surface area (Å²) in [6.07, 6.45) is 1.39. The zero-order valence-electron chi connectivity index (χ0n) is 16.9. The highest BCUT2D eigenvalue weighted by atomic mass is 16.5. The topological polar surface area (TPSA) is 99.0 Å². The van der Waals surface area contributed by atoms with Gasteiger partial charge in [0.25, 0.3) is 11.8 Å². The van der Waals surface area contributed by atoms with Crippen LogP contribution in [0.25, 0.3) is 0 Å². The van der Waals surface area contributed by atoms with Crippen LogP contribution in [0.4, 0.5) is 5.69 Å². The summed E-state index contributed by atoms with van der Waals surface area (Å²) in [4.78, 5) is 25.4. The van der Waals surface area contributed by atoms with E-state index >= 15 is 0 Å². The Kier molecular flexibility index (Phi) is 6.59. The zero-order valence-corrected chi connectivity index (χ0v) is 16.9. The van der Waals surface area contributed by atoms with Gasteiger partial charge in [0.1, 0.15) is 5.75 Å². The lowest BCUT2D eigenvalue weighted by Crippen LogP contribution is -2.25. The molecule has 0 saturated carbocycles. The van der Waals surface area contributed by atoms with Crippen LogP contribution >= 0.6 is 0 Å². The molecule has 156 valence electrons. The molecule has 1 heterocycles. The van der Waals surface area contributed by atoms with Crippen molar-refractivity contribution in [1.29, 1.82) is 0 Å². The first-order chi connectivity index (χ1) is 14.6. The van der Waals surface area contributed by atoms with E-state index < -0.39 is 11.8 Å². The lowest BCUT2D eigenvalue weighted by molar-refractivity contribution is 0.0951. The van der Waals surface area contributed by atoms with Gasteiger partial charge in [-0.05, 0) is 24.3 Å². The summed E-state index contributed by atoms with van der Waals surface area (Å²) < 4.78 is 21.0. The van der Waals surface area contributed by atoms with Gasteiger partial charge in [0.15, 0.2) is 17.3 Å². The molecule has 0 fully saturated rings. The molecule has 1 aromatic heterocycles. The predicted octanol–water partition coefficient (Wildman–Crippen LogP) is 3.49. The van der Waals surface area contributed by atoms with Crippen LogP contribution in [-0.4, -0.2) is 33.1 Å². The number of amides is 2. The third-order valence-corrected chi connectivity index (χ3v) is 4.39. The van der Waals surface area contributed by atoms with Crippen molar-refractivity contribution < 1.29 is 28.2 Å². The molecule has 2 N–H and O–H groups in total. The van der Waals surface area contributed by atoms with Gasteiger partial charge in [0.05, 0.1) is 38.8 Å². The Morgan fingerprint density at radius 3 is 2.23 bits per heavy atom. The molecule has 8 nitrogen and oxygen atoms in total. The van der Waals surface area contributed by atoms with E-state index in [1.807, 2.05) is 24.3 Å². The predicted molar refractivity (Wildman–Crippen MR) is 110 cm³/mol. The number of para-hydroxylation sites is 1. The number of methoxy groups -OCH3 is 3. The normalized spacial score (nSPS) is 10.2. The molecule has 0 bridgehead atoms. The lowest BCUT2D eigenvalue weighted by atomic mass is 10.1. The number of benzene rings is 2. The van der Waals surface area contributed by atoms with E-state index in [9.17, 15) is 9.59 Å². The SMILES string of the molecule is COc1ccccc1CNC(=O)c1cc(OC)c(OC)cc1NC(=O)c1ccco1. The molecule has 0 aliphatic rings. The molecule has 2 amide bonds. The van der Waals surface area contributed by atoms with Crippen molar-refractivity contribution in [1.82, 2.24) is 5.32 Å². The smallest absolute Gasteiger partial charge is 0.291 e. The highest BCUT2D eigenvalue weighted by molar-refractivity contribution is 6.08. The van der Waals surface area contributed by atoms with Gasteiger partial charge in [0.2, 0.25) is 0 Å². The number of furan rings is 1. The van der Waals surface area contributed by atoms with Crippen molar-refractivity contribution in [2.45, 2.75) is 6.54 Å². The van der Waals surface area contributed by atoms with Crippen LogP contribution in [0.1, 0.15) is 26.5 Å². The fraction of sp³-hybridized carbons (Fsp3) is 0.182. The van der Waals surface area contributed by atoms with Gasteiger partial charge in [-0.1, -0.05) is 18.2 Å². The third kappa shape index (κ3) is 4.54. The Morgan fingerprint density at radius 2 is 1.57 bits per heavy atom. The number of hydrogen-bond acceptors (Lipinski definition) is 6. The van der Waals surface area contributed by atoms with Crippen molar-refractivity contribution in [2.24, 2.45) is 0 Å². The number of carbonyl (C=O) groups excluding carboxylic acids is 2. The Hall–Kier alpha value is -3.94. The highest BCUT2D eigenvalue weighted by Gasteiger charge is 2.20. The van der Waals surface area contributed by atoms with Crippen LogP contribution in [0.3, 0.4) is 0 Å². The Balaban J connectivity index is 1.88. The number of rotatable bonds is 8. The maximum absolute atomic E-state index is 13.0. The monoisotopic (exact) mass is 410 g/mol. The minimum atomic E-state index is -0.494. The van der Waals surface area contributed by atoms with E-state index in [-0.39, 0.29) is 23.6 Å². The summed E-state index contributed by atoms with van der Waals surface area (Å²) >= 11 is 0. The van der Waals surface area contributed by atoms with Gasteiger partial charge in [-0.2, -0.15) is 0 Å². The second kappa shape index (κ2) is 9.51. The molecule has 0 unspecified atom stereocenters. The summed E-state index contributed by atoms with van der Waals surface area (Å²) in [5.74, 6) is 0.605. The maximum Gasteiger partial charge on any atom is 0.291 e. The molecule has 3 aromatic rings. The van der Waals surface area contributed by atoms with E-state index in [2.05, 4.69) is 10.6 Å². The first kappa shape index (κ1) is 20.8. The molecular weight excluding hydrogens is 388 g/mol. The minimum absolute atomic E-state index is 0.116. The van der Waals surface area contributed by atoms with E-state index in [4.69, 9.17) is 18.6 Å². The van der Waals surface area contributed by atoms with Crippen LogP contribution in [0, 0.1) is 0 Å². The molecule has 8 heteroatoms. The standard InChI is InChI=1S/C22H22N2O6/c1-27-17-8-5-4-7-14(17)13-23-21(25)15-11-19(28-2)20(29-3)12-16(15)24-22(26)18-9-6-10-30-18/h4-12H,13H2,1-3H3,(H,23,25)(H,24,26). The lowest BCUT2D eigenvalue weighted by Gasteiger charge is -2.16. The minimum Gasteiger partial charge on any atom is -0.496 e. The van der Waals surface area contributed by atoms with Crippen LogP contribution in [0.2, 0.25) is 0 Å². The quantitative estimate of drug-likeness (QED) is 0.590. The summed E-state index contributed by atoms with van der Waals surface area (Å²) in [6.45, 7) is 0.239.